The maximum Gasteiger partial charge on any atom is 0.323 e. The van der Waals surface area contributed by atoms with E-state index in [-0.39, 0.29) is 30.7 Å². The lowest BCUT2D eigenvalue weighted by Crippen LogP contribution is -2.38. The first kappa shape index (κ1) is 26.8. The van der Waals surface area contributed by atoms with Crippen LogP contribution in [0.4, 0.5) is 21.9 Å². The molecule has 0 aromatic heterocycles. The number of anilines is 3. The van der Waals surface area contributed by atoms with E-state index in [4.69, 9.17) is 5.26 Å². The molecule has 9 nitrogen and oxygen atoms in total. The molecule has 2 fully saturated rings. The number of thioether (sulfide) groups is 1. The molecular formula is C27H32N4O5S. The molecule has 2 aromatic carbocycles. The number of carboxylic acid groups (broad SMARTS) is 1. The molecule has 1 saturated heterocycles. The lowest BCUT2D eigenvalue weighted by Gasteiger charge is -2.36. The third-order valence-corrected chi connectivity index (χ3v) is 8.09. The van der Waals surface area contributed by atoms with Crippen molar-refractivity contribution in [2.45, 2.75) is 56.1 Å². The fourth-order valence-corrected chi connectivity index (χ4v) is 5.92. The van der Waals surface area contributed by atoms with E-state index in [1.165, 1.54) is 0 Å². The summed E-state index contributed by atoms with van der Waals surface area (Å²) in [5.74, 6) is -0.0177. The van der Waals surface area contributed by atoms with Crippen LogP contribution in [0.3, 0.4) is 0 Å². The van der Waals surface area contributed by atoms with Gasteiger partial charge in [0, 0.05) is 18.2 Å². The normalized spacial score (nSPS) is 20.2. The Bertz CT molecular complexity index is 1180. The van der Waals surface area contributed by atoms with Crippen LogP contribution in [0, 0.1) is 23.2 Å². The van der Waals surface area contributed by atoms with E-state index >= 15 is 0 Å². The zero-order chi connectivity index (χ0) is 26.6. The number of hydrogen-bond acceptors (Lipinski definition) is 7. The van der Waals surface area contributed by atoms with Gasteiger partial charge in [-0.1, -0.05) is 17.8 Å². The van der Waals surface area contributed by atoms with Crippen molar-refractivity contribution >= 4 is 40.8 Å². The molecule has 0 radical (unpaired) electrons. The summed E-state index contributed by atoms with van der Waals surface area (Å²) >= 11 is 1.13. The number of amides is 2. The molecule has 4 rings (SSSR count). The summed E-state index contributed by atoms with van der Waals surface area (Å²) in [6.45, 7) is 1.97. The summed E-state index contributed by atoms with van der Waals surface area (Å²) < 4.78 is 0. The minimum atomic E-state index is -1.75. The Balaban J connectivity index is 1.56. The molecule has 1 aliphatic heterocycles. The van der Waals surface area contributed by atoms with Crippen molar-refractivity contribution in [2.24, 2.45) is 11.8 Å². The number of carbonyl (C=O) groups is 2. The zero-order valence-electron chi connectivity index (χ0n) is 20.6. The maximum absolute atomic E-state index is 12.9. The number of benzene rings is 2. The van der Waals surface area contributed by atoms with E-state index in [2.05, 4.69) is 16.0 Å². The van der Waals surface area contributed by atoms with Crippen LogP contribution in [0.5, 0.6) is 0 Å². The highest BCUT2D eigenvalue weighted by Crippen LogP contribution is 2.46. The van der Waals surface area contributed by atoms with E-state index < -0.39 is 17.1 Å². The number of aliphatic carboxylic acids is 1. The second kappa shape index (κ2) is 11.4. The summed E-state index contributed by atoms with van der Waals surface area (Å²) in [7, 11) is 0. The van der Waals surface area contributed by atoms with Gasteiger partial charge in [0.05, 0.1) is 29.4 Å². The van der Waals surface area contributed by atoms with E-state index in [0.717, 1.165) is 36.6 Å². The van der Waals surface area contributed by atoms with Crippen molar-refractivity contribution in [3.63, 3.8) is 0 Å². The van der Waals surface area contributed by atoms with Gasteiger partial charge in [-0.15, -0.1) is 0 Å². The summed E-state index contributed by atoms with van der Waals surface area (Å²) in [6.07, 6.45) is 3.05. The second-order valence-electron chi connectivity index (χ2n) is 9.89. The van der Waals surface area contributed by atoms with E-state index in [1.54, 1.807) is 24.3 Å². The Morgan fingerprint density at radius 1 is 1.08 bits per heavy atom. The molecule has 10 heteroatoms. The van der Waals surface area contributed by atoms with Crippen molar-refractivity contribution < 1.29 is 24.9 Å². The van der Waals surface area contributed by atoms with E-state index in [0.29, 0.717) is 34.3 Å². The third kappa shape index (κ3) is 7.38. The number of nitrogens with zero attached hydrogens (tertiary/aromatic N) is 1. The number of aliphatic hydroxyl groups is 2. The van der Waals surface area contributed by atoms with E-state index in [1.807, 2.05) is 31.2 Å². The standard InChI is InChI=1S/C27H32N4O5S/c1-16(20-10-11-37-27(35,36)14-20)29-23-9-6-19(22(13-25(32)33)18-4-5-18)12-24(23)31-26(34)30-21-7-2-17(15-28)3-8-21/h2-3,6-9,12,16,18,20,22,29,35-36H,4-5,10-11,13-14H2,1H3,(H,32,33)(H2,30,31,34). The summed E-state index contributed by atoms with van der Waals surface area (Å²) in [5.41, 5.74) is 3.04. The molecule has 0 bridgehead atoms. The van der Waals surface area contributed by atoms with Crippen molar-refractivity contribution in [2.75, 3.05) is 21.7 Å². The average molecular weight is 525 g/mol. The van der Waals surface area contributed by atoms with Crippen LogP contribution < -0.4 is 16.0 Å². The van der Waals surface area contributed by atoms with Gasteiger partial charge < -0.3 is 31.3 Å². The third-order valence-electron chi connectivity index (χ3n) is 7.02. The molecule has 6 N–H and O–H groups in total. The number of urea groups is 1. The van der Waals surface area contributed by atoms with Gasteiger partial charge in [0.2, 0.25) is 5.12 Å². The molecule has 1 saturated carbocycles. The SMILES string of the molecule is CC(Nc1ccc(C(CC(=O)O)C2CC2)cc1NC(=O)Nc1ccc(C#N)cc1)C1CCSC(O)(O)C1. The fraction of sp³-hybridized carbons (Fsp3) is 0.444. The Kier molecular flexibility index (Phi) is 8.27. The van der Waals surface area contributed by atoms with Crippen molar-refractivity contribution in [1.82, 2.24) is 0 Å². The molecular weight excluding hydrogens is 492 g/mol. The molecule has 2 aliphatic rings. The lowest BCUT2D eigenvalue weighted by molar-refractivity contribution is -0.137. The number of nitriles is 1. The second-order valence-corrected chi connectivity index (χ2v) is 11.2. The molecule has 3 atom stereocenters. The van der Waals surface area contributed by atoms with Crippen molar-refractivity contribution in [3.05, 3.63) is 53.6 Å². The molecule has 2 aromatic rings. The molecule has 1 heterocycles. The van der Waals surface area contributed by atoms with Gasteiger partial charge in [-0.25, -0.2) is 4.79 Å². The molecule has 0 spiro atoms. The van der Waals surface area contributed by atoms with Crippen LogP contribution in [-0.2, 0) is 4.79 Å². The smallest absolute Gasteiger partial charge is 0.323 e. The van der Waals surface area contributed by atoms with Gasteiger partial charge in [-0.05, 0) is 91.7 Å². The molecule has 37 heavy (non-hydrogen) atoms. The van der Waals surface area contributed by atoms with Crippen LogP contribution in [-0.4, -0.2) is 44.2 Å². The number of rotatable bonds is 9. The van der Waals surface area contributed by atoms with Crippen molar-refractivity contribution in [1.29, 1.82) is 5.26 Å². The fourth-order valence-electron chi connectivity index (χ4n) is 4.84. The van der Waals surface area contributed by atoms with Gasteiger partial charge >= 0.3 is 12.0 Å². The highest BCUT2D eigenvalue weighted by Gasteiger charge is 2.36. The quantitative estimate of drug-likeness (QED) is 0.257. The Morgan fingerprint density at radius 3 is 2.43 bits per heavy atom. The molecule has 3 unspecified atom stereocenters. The van der Waals surface area contributed by atoms with Gasteiger partial charge in [0.1, 0.15) is 0 Å². The Morgan fingerprint density at radius 2 is 1.81 bits per heavy atom. The maximum atomic E-state index is 12.9. The highest BCUT2D eigenvalue weighted by atomic mass is 32.2. The monoisotopic (exact) mass is 524 g/mol. The Hall–Kier alpha value is -3.26. The molecule has 196 valence electrons. The summed E-state index contributed by atoms with van der Waals surface area (Å²) in [6, 6.07) is 13.6. The lowest BCUT2D eigenvalue weighted by atomic mass is 9.90. The van der Waals surface area contributed by atoms with Crippen molar-refractivity contribution in [3.8, 4) is 6.07 Å². The predicted octanol–water partition coefficient (Wildman–Crippen LogP) is 4.75. The summed E-state index contributed by atoms with van der Waals surface area (Å²) in [4.78, 5) is 24.4. The van der Waals surface area contributed by atoms with Gasteiger partial charge in [-0.3, -0.25) is 4.79 Å². The number of carbonyl (C=O) groups excluding carboxylic acids is 1. The number of carboxylic acids is 1. The molecule has 2 amide bonds. The predicted molar refractivity (Wildman–Crippen MR) is 143 cm³/mol. The van der Waals surface area contributed by atoms with Crippen LogP contribution in [0.15, 0.2) is 42.5 Å². The number of nitrogens with one attached hydrogen (secondary N) is 3. The topological polar surface area (TPSA) is 155 Å². The largest absolute Gasteiger partial charge is 0.481 e. The minimum Gasteiger partial charge on any atom is -0.481 e. The van der Waals surface area contributed by atoms with Gasteiger partial charge in [0.15, 0.2) is 0 Å². The summed E-state index contributed by atoms with van der Waals surface area (Å²) in [5, 5.41) is 45.9. The van der Waals surface area contributed by atoms with Crippen LogP contribution in [0.25, 0.3) is 0 Å². The average Bonchev–Trinajstić information content (AvgIpc) is 3.69. The van der Waals surface area contributed by atoms with Gasteiger partial charge in [0.25, 0.3) is 0 Å². The minimum absolute atomic E-state index is 0.0162. The first-order chi connectivity index (χ1) is 17.6. The first-order valence-electron chi connectivity index (χ1n) is 12.4. The number of hydrogen-bond donors (Lipinski definition) is 6. The van der Waals surface area contributed by atoms with E-state index in [9.17, 15) is 24.9 Å². The first-order valence-corrected chi connectivity index (χ1v) is 13.4. The van der Waals surface area contributed by atoms with Crippen LogP contribution in [0.2, 0.25) is 0 Å². The zero-order valence-corrected chi connectivity index (χ0v) is 21.4. The highest BCUT2D eigenvalue weighted by molar-refractivity contribution is 8.00. The Labute approximate surface area is 220 Å². The van der Waals surface area contributed by atoms with Crippen LogP contribution in [0.1, 0.15) is 56.1 Å². The molecule has 1 aliphatic carbocycles. The van der Waals surface area contributed by atoms with Crippen LogP contribution >= 0.6 is 11.8 Å². The van der Waals surface area contributed by atoms with Gasteiger partial charge in [-0.2, -0.15) is 5.26 Å².